The van der Waals surface area contributed by atoms with Gasteiger partial charge < -0.3 is 4.74 Å². The van der Waals surface area contributed by atoms with E-state index in [0.29, 0.717) is 11.3 Å². The van der Waals surface area contributed by atoms with E-state index in [-0.39, 0.29) is 0 Å². The highest BCUT2D eigenvalue weighted by Gasteiger charge is 1.96. The summed E-state index contributed by atoms with van der Waals surface area (Å²) in [5, 5.41) is 8.52. The Morgan fingerprint density at radius 1 is 1.25 bits per heavy atom. The molecule has 0 aliphatic rings. The van der Waals surface area contributed by atoms with Gasteiger partial charge in [-0.2, -0.15) is 5.26 Å². The first-order valence-electron chi connectivity index (χ1n) is 3.91. The van der Waals surface area contributed by atoms with Crippen molar-refractivity contribution in [2.75, 3.05) is 7.11 Å². The molecule has 0 spiro atoms. The quantitative estimate of drug-likeness (QED) is 0.637. The van der Waals surface area contributed by atoms with Crippen LogP contribution in [0, 0.1) is 11.3 Å². The summed E-state index contributed by atoms with van der Waals surface area (Å²) in [6.45, 7) is 4.00. The van der Waals surface area contributed by atoms with Gasteiger partial charge in [-0.15, -0.1) is 0 Å². The summed E-state index contributed by atoms with van der Waals surface area (Å²) in [6.07, 6.45) is 0. The summed E-state index contributed by atoms with van der Waals surface area (Å²) >= 11 is 0. The minimum absolute atomic E-state index is 0.574. The van der Waals surface area contributed by atoms with Crippen LogP contribution in [0.3, 0.4) is 0 Å². The Morgan fingerprint density at radius 3 is 2.25 bits per heavy atom. The van der Waals surface area contributed by atoms with Gasteiger partial charge in [-0.3, -0.25) is 0 Å². The van der Waals surface area contributed by atoms with Gasteiger partial charge in [-0.05, 0) is 12.1 Å². The zero-order valence-corrected chi connectivity index (χ0v) is 7.66. The molecule has 0 N–H and O–H groups in total. The van der Waals surface area contributed by atoms with E-state index < -0.39 is 0 Å². The molecule has 0 aliphatic carbocycles. The van der Waals surface area contributed by atoms with Crippen LogP contribution in [0.15, 0.2) is 24.3 Å². The van der Waals surface area contributed by atoms with Gasteiger partial charge in [0.2, 0.25) is 0 Å². The predicted octanol–water partition coefficient (Wildman–Crippen LogP) is 2.59. The van der Waals surface area contributed by atoms with Crippen LogP contribution < -0.4 is 4.74 Å². The summed E-state index contributed by atoms with van der Waals surface area (Å²) in [5.74, 6) is 0.630. The Balaban J connectivity index is 0.000000561. The van der Waals surface area contributed by atoms with Crippen LogP contribution in [0.2, 0.25) is 0 Å². The molecule has 0 bridgehead atoms. The number of rotatable bonds is 1. The summed E-state index contributed by atoms with van der Waals surface area (Å²) < 4.78 is 4.91. The number of ether oxygens (including phenoxy) is 1. The van der Waals surface area contributed by atoms with Crippen LogP contribution in [0.1, 0.15) is 19.4 Å². The number of hydrogen-bond donors (Lipinski definition) is 0. The summed E-state index contributed by atoms with van der Waals surface area (Å²) in [7, 11) is 1.55. The second kappa shape index (κ2) is 6.23. The molecule has 0 aromatic heterocycles. The number of nitrogens with zero attached hydrogens (tertiary/aromatic N) is 1. The molecule has 0 heterocycles. The van der Waals surface area contributed by atoms with E-state index in [1.807, 2.05) is 26.0 Å². The highest BCUT2D eigenvalue weighted by atomic mass is 16.5. The minimum atomic E-state index is 0.574. The number of hydrogen-bond acceptors (Lipinski definition) is 2. The maximum atomic E-state index is 8.52. The second-order valence-electron chi connectivity index (χ2n) is 1.81. The SMILES string of the molecule is CC.COc1ccccc1C#N. The first kappa shape index (κ1) is 10.5. The Morgan fingerprint density at radius 2 is 1.83 bits per heavy atom. The van der Waals surface area contributed by atoms with E-state index in [4.69, 9.17) is 10.00 Å². The maximum absolute atomic E-state index is 8.52. The molecule has 0 aliphatic heterocycles. The van der Waals surface area contributed by atoms with Gasteiger partial charge in [-0.25, -0.2) is 0 Å². The van der Waals surface area contributed by atoms with Gasteiger partial charge in [0.15, 0.2) is 0 Å². The molecule has 0 saturated carbocycles. The van der Waals surface area contributed by atoms with Crippen LogP contribution in [0.4, 0.5) is 0 Å². The topological polar surface area (TPSA) is 33.0 Å². The van der Waals surface area contributed by atoms with E-state index in [2.05, 4.69) is 0 Å². The largest absolute Gasteiger partial charge is 0.495 e. The molecular formula is C10H13NO. The molecular weight excluding hydrogens is 150 g/mol. The van der Waals surface area contributed by atoms with Crippen LogP contribution in [-0.2, 0) is 0 Å². The van der Waals surface area contributed by atoms with Crippen LogP contribution in [0.5, 0.6) is 5.75 Å². The number of benzene rings is 1. The fourth-order valence-corrected chi connectivity index (χ4v) is 0.737. The first-order valence-corrected chi connectivity index (χ1v) is 3.91. The third kappa shape index (κ3) is 2.63. The average molecular weight is 163 g/mol. The van der Waals surface area contributed by atoms with Crippen molar-refractivity contribution in [3.8, 4) is 11.8 Å². The fourth-order valence-electron chi connectivity index (χ4n) is 0.737. The van der Waals surface area contributed by atoms with Crippen LogP contribution in [0.25, 0.3) is 0 Å². The van der Waals surface area contributed by atoms with Crippen molar-refractivity contribution in [3.05, 3.63) is 29.8 Å². The lowest BCUT2D eigenvalue weighted by Gasteiger charge is -1.98. The van der Waals surface area contributed by atoms with Gasteiger partial charge in [0.05, 0.1) is 12.7 Å². The molecule has 0 fully saturated rings. The van der Waals surface area contributed by atoms with Gasteiger partial charge in [0.1, 0.15) is 11.8 Å². The Hall–Kier alpha value is -1.49. The van der Waals surface area contributed by atoms with Crippen molar-refractivity contribution in [1.82, 2.24) is 0 Å². The monoisotopic (exact) mass is 163 g/mol. The van der Waals surface area contributed by atoms with Crippen molar-refractivity contribution < 1.29 is 4.74 Å². The zero-order valence-electron chi connectivity index (χ0n) is 7.66. The molecule has 1 aromatic rings. The molecule has 2 nitrogen and oxygen atoms in total. The molecule has 64 valence electrons. The number of methoxy groups -OCH3 is 1. The van der Waals surface area contributed by atoms with E-state index in [1.54, 1.807) is 25.3 Å². The van der Waals surface area contributed by atoms with E-state index in [9.17, 15) is 0 Å². The van der Waals surface area contributed by atoms with Gasteiger partial charge in [0.25, 0.3) is 0 Å². The minimum Gasteiger partial charge on any atom is -0.495 e. The normalized spacial score (nSPS) is 7.50. The lowest BCUT2D eigenvalue weighted by atomic mass is 10.2. The van der Waals surface area contributed by atoms with Crippen LogP contribution in [-0.4, -0.2) is 7.11 Å². The molecule has 0 saturated heterocycles. The van der Waals surface area contributed by atoms with Gasteiger partial charge >= 0.3 is 0 Å². The van der Waals surface area contributed by atoms with Crippen molar-refractivity contribution in [3.63, 3.8) is 0 Å². The highest BCUT2D eigenvalue weighted by Crippen LogP contribution is 2.14. The lowest BCUT2D eigenvalue weighted by Crippen LogP contribution is -1.85. The molecule has 0 amide bonds. The molecule has 2 heteroatoms. The molecule has 0 radical (unpaired) electrons. The molecule has 12 heavy (non-hydrogen) atoms. The van der Waals surface area contributed by atoms with Gasteiger partial charge in [0, 0.05) is 0 Å². The zero-order chi connectivity index (χ0) is 9.40. The summed E-state index contributed by atoms with van der Waals surface area (Å²) in [4.78, 5) is 0. The van der Waals surface area contributed by atoms with Gasteiger partial charge in [-0.1, -0.05) is 26.0 Å². The summed E-state index contributed by atoms with van der Waals surface area (Å²) in [5.41, 5.74) is 0.574. The lowest BCUT2D eigenvalue weighted by molar-refractivity contribution is 0.413. The van der Waals surface area contributed by atoms with E-state index in [0.717, 1.165) is 0 Å². The number of nitriles is 1. The summed E-state index contributed by atoms with van der Waals surface area (Å²) in [6, 6.07) is 9.14. The second-order valence-corrected chi connectivity index (χ2v) is 1.81. The fraction of sp³-hybridized carbons (Fsp3) is 0.300. The molecule has 1 aromatic carbocycles. The highest BCUT2D eigenvalue weighted by molar-refractivity contribution is 5.42. The maximum Gasteiger partial charge on any atom is 0.136 e. The predicted molar refractivity (Wildman–Crippen MR) is 49.1 cm³/mol. The van der Waals surface area contributed by atoms with E-state index >= 15 is 0 Å². The van der Waals surface area contributed by atoms with Crippen molar-refractivity contribution in [2.24, 2.45) is 0 Å². The van der Waals surface area contributed by atoms with Crippen molar-refractivity contribution >= 4 is 0 Å². The first-order chi connectivity index (χ1) is 5.88. The smallest absolute Gasteiger partial charge is 0.136 e. The number of para-hydroxylation sites is 1. The van der Waals surface area contributed by atoms with E-state index in [1.165, 1.54) is 0 Å². The van der Waals surface area contributed by atoms with Crippen LogP contribution >= 0.6 is 0 Å². The van der Waals surface area contributed by atoms with Crippen molar-refractivity contribution in [1.29, 1.82) is 5.26 Å². The Labute approximate surface area is 73.4 Å². The molecule has 1 rings (SSSR count). The van der Waals surface area contributed by atoms with Crippen molar-refractivity contribution in [2.45, 2.75) is 13.8 Å². The Bertz CT molecular complexity index is 263. The standard InChI is InChI=1S/C8H7NO.C2H6/c1-10-8-5-3-2-4-7(8)6-9;1-2/h2-5H,1H3;1-2H3. The Kier molecular flexibility index (Phi) is 5.46. The third-order valence-corrected chi connectivity index (χ3v) is 1.23. The molecule has 0 unspecified atom stereocenters. The molecule has 0 atom stereocenters. The average Bonchev–Trinajstić information content (AvgIpc) is 2.20. The third-order valence-electron chi connectivity index (χ3n) is 1.23.